The number of halogens is 1. The van der Waals surface area contributed by atoms with Gasteiger partial charge in [-0.25, -0.2) is 0 Å². The number of hydrogen-bond donors (Lipinski definition) is 0. The van der Waals surface area contributed by atoms with Crippen LogP contribution in [0.25, 0.3) is 0 Å². The molecule has 1 aromatic carbocycles. The third-order valence-corrected chi connectivity index (χ3v) is 3.23. The number of fused-ring (bicyclic) bond motifs is 1. The van der Waals surface area contributed by atoms with Gasteiger partial charge in [-0.15, -0.1) is 0 Å². The summed E-state index contributed by atoms with van der Waals surface area (Å²) in [6.45, 7) is -0.660. The third-order valence-electron chi connectivity index (χ3n) is 2.38. The van der Waals surface area contributed by atoms with Crippen LogP contribution in [0.15, 0.2) is 17.1 Å². The molecule has 2 rings (SSSR count). The highest BCUT2D eigenvalue weighted by Gasteiger charge is 2.21. The van der Waals surface area contributed by atoms with E-state index in [1.165, 1.54) is 12.1 Å². The average Bonchev–Trinajstić information content (AvgIpc) is 2.65. The van der Waals surface area contributed by atoms with Gasteiger partial charge in [-0.05, 0) is 12.1 Å². The fourth-order valence-corrected chi connectivity index (χ4v) is 2.10. The summed E-state index contributed by atoms with van der Waals surface area (Å²) in [6.07, 6.45) is 1.96. The molecule has 0 aliphatic carbocycles. The Hall–Kier alpha value is -1.57. The van der Waals surface area contributed by atoms with Gasteiger partial charge < -0.3 is 0 Å². The van der Waals surface area contributed by atoms with Gasteiger partial charge in [-0.2, -0.15) is 8.42 Å². The molecular formula is C11H8ClNO5S. The average molecular weight is 302 g/mol. The topological polar surface area (TPSA) is 89.9 Å². The summed E-state index contributed by atoms with van der Waals surface area (Å²) in [4.78, 5) is 27.1. The van der Waals surface area contributed by atoms with Gasteiger partial charge in [0, 0.05) is 5.56 Å². The molecule has 0 saturated heterocycles. The van der Waals surface area contributed by atoms with Crippen molar-refractivity contribution in [1.29, 1.82) is 0 Å². The van der Waals surface area contributed by atoms with Crippen LogP contribution in [0.4, 0.5) is 5.69 Å². The fraction of sp³-hybridized carbons (Fsp3) is 0.182. The molecule has 0 bridgehead atoms. The Morgan fingerprint density at radius 3 is 2.74 bits per heavy atom. The van der Waals surface area contributed by atoms with Crippen molar-refractivity contribution in [2.75, 3.05) is 12.9 Å². The van der Waals surface area contributed by atoms with Gasteiger partial charge in [0.2, 0.25) is 5.78 Å². The summed E-state index contributed by atoms with van der Waals surface area (Å²) < 4.78 is 26.0. The van der Waals surface area contributed by atoms with Gasteiger partial charge in [0.05, 0.1) is 28.7 Å². The van der Waals surface area contributed by atoms with E-state index in [-0.39, 0.29) is 21.9 Å². The number of nitrogens with zero attached hydrogens (tertiary/aromatic N) is 1. The fourth-order valence-electron chi connectivity index (χ4n) is 1.52. The van der Waals surface area contributed by atoms with E-state index in [0.717, 1.165) is 12.5 Å². The molecule has 1 heterocycles. The Kier molecular flexibility index (Phi) is 3.53. The van der Waals surface area contributed by atoms with Gasteiger partial charge in [0.15, 0.2) is 5.78 Å². The van der Waals surface area contributed by atoms with E-state index < -0.39 is 22.5 Å². The monoisotopic (exact) mass is 301 g/mol. The molecule has 0 radical (unpaired) electrons. The van der Waals surface area contributed by atoms with E-state index in [4.69, 9.17) is 11.6 Å². The number of benzene rings is 1. The first kappa shape index (κ1) is 13.9. The molecule has 0 saturated carbocycles. The number of rotatable bonds is 4. The molecule has 0 N–H and O–H groups in total. The van der Waals surface area contributed by atoms with E-state index in [9.17, 15) is 18.0 Å². The third kappa shape index (κ3) is 3.06. The van der Waals surface area contributed by atoms with Gasteiger partial charge in [-0.1, -0.05) is 11.6 Å². The van der Waals surface area contributed by atoms with Gasteiger partial charge in [0.25, 0.3) is 10.1 Å². The van der Waals surface area contributed by atoms with Crippen LogP contribution >= 0.6 is 11.6 Å². The van der Waals surface area contributed by atoms with Crippen molar-refractivity contribution in [1.82, 2.24) is 0 Å². The predicted octanol–water partition coefficient (Wildman–Crippen LogP) is 1.40. The summed E-state index contributed by atoms with van der Waals surface area (Å²) >= 11 is 5.89. The maximum Gasteiger partial charge on any atom is 0.264 e. The molecule has 0 spiro atoms. The Labute approximate surface area is 114 Å². The molecule has 8 heteroatoms. The molecule has 1 aliphatic heterocycles. The van der Waals surface area contributed by atoms with Gasteiger partial charge >= 0.3 is 0 Å². The highest BCUT2D eigenvalue weighted by atomic mass is 35.5. The number of carbonyl (C=O) groups is 2. The Morgan fingerprint density at radius 2 is 2.11 bits per heavy atom. The van der Waals surface area contributed by atoms with Gasteiger partial charge in [-0.3, -0.25) is 18.8 Å². The van der Waals surface area contributed by atoms with Crippen LogP contribution in [0.5, 0.6) is 0 Å². The van der Waals surface area contributed by atoms with Crippen molar-refractivity contribution in [2.45, 2.75) is 0 Å². The number of ketones is 2. The highest BCUT2D eigenvalue weighted by Crippen LogP contribution is 2.30. The van der Waals surface area contributed by atoms with Crippen LogP contribution in [0.1, 0.15) is 20.7 Å². The molecule has 0 unspecified atom stereocenters. The van der Waals surface area contributed by atoms with Crippen molar-refractivity contribution >= 4 is 45.2 Å². The largest absolute Gasteiger partial charge is 0.291 e. The van der Waals surface area contributed by atoms with Crippen molar-refractivity contribution in [3.05, 3.63) is 28.3 Å². The summed E-state index contributed by atoms with van der Waals surface area (Å²) in [5.41, 5.74) is 0.672. The molecule has 100 valence electrons. The second-order valence-corrected chi connectivity index (χ2v) is 5.91. The minimum Gasteiger partial charge on any atom is -0.291 e. The summed E-state index contributed by atoms with van der Waals surface area (Å²) in [5, 5.41) is 0.0905. The van der Waals surface area contributed by atoms with Crippen LogP contribution in [0.3, 0.4) is 0 Å². The van der Waals surface area contributed by atoms with Crippen LogP contribution in [-0.4, -0.2) is 39.1 Å². The highest BCUT2D eigenvalue weighted by molar-refractivity contribution is 7.86. The zero-order valence-electron chi connectivity index (χ0n) is 9.71. The normalized spacial score (nSPS) is 13.7. The number of Topliss-reactive ketones (excluding diaryl/α,β-unsaturated/α-hetero) is 2. The zero-order valence-corrected chi connectivity index (χ0v) is 11.3. The van der Waals surface area contributed by atoms with Crippen LogP contribution < -0.4 is 0 Å². The lowest BCUT2D eigenvalue weighted by molar-refractivity contribution is 0.0925. The first-order valence-electron chi connectivity index (χ1n) is 5.07. The lowest BCUT2D eigenvalue weighted by Crippen LogP contribution is -2.14. The van der Waals surface area contributed by atoms with Crippen molar-refractivity contribution < 1.29 is 22.2 Å². The molecule has 0 aromatic heterocycles. The SMILES string of the molecule is CS(=O)(=O)OCC(=O)c1cc2c(cc1Cl)N=CC2=O. The molecule has 19 heavy (non-hydrogen) atoms. The number of aliphatic imine (C=N–C) groups is 1. The first-order valence-corrected chi connectivity index (χ1v) is 7.27. The van der Waals surface area contributed by atoms with E-state index >= 15 is 0 Å². The minimum atomic E-state index is -3.72. The molecular weight excluding hydrogens is 294 g/mol. The number of hydrogen-bond acceptors (Lipinski definition) is 6. The second kappa shape index (κ2) is 4.84. The van der Waals surface area contributed by atoms with Crippen molar-refractivity contribution in [3.63, 3.8) is 0 Å². The first-order chi connectivity index (χ1) is 8.78. The summed E-state index contributed by atoms with van der Waals surface area (Å²) in [5.74, 6) is -0.956. The zero-order chi connectivity index (χ0) is 14.2. The van der Waals surface area contributed by atoms with E-state index in [0.29, 0.717) is 5.69 Å². The lowest BCUT2D eigenvalue weighted by atomic mass is 10.0. The maximum absolute atomic E-state index is 11.8. The standard InChI is InChI=1S/C11H8ClNO5S/c1-19(16,17)18-5-11(15)6-2-7-9(3-8(6)12)13-4-10(7)14/h2-4H,5H2,1H3. The van der Waals surface area contributed by atoms with E-state index in [2.05, 4.69) is 9.18 Å². The summed E-state index contributed by atoms with van der Waals surface area (Å²) in [7, 11) is -3.72. The second-order valence-electron chi connectivity index (χ2n) is 3.86. The Morgan fingerprint density at radius 1 is 1.42 bits per heavy atom. The van der Waals surface area contributed by atoms with E-state index in [1.807, 2.05) is 0 Å². The van der Waals surface area contributed by atoms with Gasteiger partial charge in [0.1, 0.15) is 6.61 Å². The maximum atomic E-state index is 11.8. The molecule has 1 aromatic rings. The Balaban J connectivity index is 2.29. The van der Waals surface area contributed by atoms with Crippen molar-refractivity contribution in [2.24, 2.45) is 4.99 Å². The predicted molar refractivity (Wildman–Crippen MR) is 69.1 cm³/mol. The molecule has 0 atom stereocenters. The lowest BCUT2D eigenvalue weighted by Gasteiger charge is -2.06. The summed E-state index contributed by atoms with van der Waals surface area (Å²) in [6, 6.07) is 2.67. The van der Waals surface area contributed by atoms with Crippen molar-refractivity contribution in [3.8, 4) is 0 Å². The van der Waals surface area contributed by atoms with Crippen LogP contribution in [0, 0.1) is 0 Å². The smallest absolute Gasteiger partial charge is 0.264 e. The number of carbonyl (C=O) groups excluding carboxylic acids is 2. The van der Waals surface area contributed by atoms with Crippen LogP contribution in [-0.2, 0) is 14.3 Å². The molecule has 1 aliphatic rings. The van der Waals surface area contributed by atoms with Crippen LogP contribution in [0.2, 0.25) is 5.02 Å². The molecule has 0 amide bonds. The molecule has 6 nitrogen and oxygen atoms in total. The molecule has 0 fully saturated rings. The quantitative estimate of drug-likeness (QED) is 0.619. The Bertz CT molecular complexity index is 708. The minimum absolute atomic E-state index is 0.0305. The van der Waals surface area contributed by atoms with E-state index in [1.54, 1.807) is 0 Å².